The molecule has 1 aromatic carbocycles. The van der Waals surface area contributed by atoms with Gasteiger partial charge in [0.1, 0.15) is 0 Å². The molecule has 0 radical (unpaired) electrons. The third kappa shape index (κ3) is 5.74. The third-order valence-corrected chi connectivity index (χ3v) is 3.89. The van der Waals surface area contributed by atoms with Crippen molar-refractivity contribution in [2.45, 2.75) is 45.1 Å². The van der Waals surface area contributed by atoms with Gasteiger partial charge in [0.15, 0.2) is 0 Å². The number of amides is 1. The molecular formula is C17H26N2O. The lowest BCUT2D eigenvalue weighted by Gasteiger charge is -2.26. The van der Waals surface area contributed by atoms with Gasteiger partial charge in [0.2, 0.25) is 5.91 Å². The molecule has 1 aliphatic rings. The molecule has 0 aromatic heterocycles. The Balaban J connectivity index is 1.65. The largest absolute Gasteiger partial charge is 0.355 e. The van der Waals surface area contributed by atoms with E-state index in [4.69, 9.17) is 0 Å². The number of nitrogens with one attached hydrogen (secondary N) is 2. The van der Waals surface area contributed by atoms with Crippen LogP contribution in [0.1, 0.15) is 38.7 Å². The van der Waals surface area contributed by atoms with E-state index >= 15 is 0 Å². The maximum absolute atomic E-state index is 11.7. The maximum Gasteiger partial charge on any atom is 0.233 e. The smallest absolute Gasteiger partial charge is 0.233 e. The fraction of sp³-hybridized carbons (Fsp3) is 0.588. The van der Waals surface area contributed by atoms with E-state index in [9.17, 15) is 4.79 Å². The van der Waals surface area contributed by atoms with Gasteiger partial charge in [-0.15, -0.1) is 0 Å². The zero-order valence-electron chi connectivity index (χ0n) is 12.6. The zero-order valence-corrected chi connectivity index (χ0v) is 12.6. The second kappa shape index (κ2) is 6.89. The molecule has 0 bridgehead atoms. The summed E-state index contributed by atoms with van der Waals surface area (Å²) in [6.07, 6.45) is 4.60. The molecule has 0 aliphatic heterocycles. The minimum absolute atomic E-state index is 0.0211. The van der Waals surface area contributed by atoms with Crippen molar-refractivity contribution in [3.05, 3.63) is 35.9 Å². The van der Waals surface area contributed by atoms with Gasteiger partial charge in [-0.25, -0.2) is 0 Å². The third-order valence-electron chi connectivity index (χ3n) is 3.89. The van der Waals surface area contributed by atoms with Crippen LogP contribution >= 0.6 is 0 Å². The molecular weight excluding hydrogens is 248 g/mol. The van der Waals surface area contributed by atoms with Crippen molar-refractivity contribution in [3.8, 4) is 0 Å². The van der Waals surface area contributed by atoms with Gasteiger partial charge in [0.05, 0.1) is 6.54 Å². The molecule has 3 heteroatoms. The van der Waals surface area contributed by atoms with E-state index in [1.54, 1.807) is 0 Å². The second-order valence-electron chi connectivity index (χ2n) is 6.47. The van der Waals surface area contributed by atoms with Gasteiger partial charge in [-0.2, -0.15) is 0 Å². The summed E-state index contributed by atoms with van der Waals surface area (Å²) < 4.78 is 0. The van der Waals surface area contributed by atoms with E-state index in [0.717, 1.165) is 25.3 Å². The van der Waals surface area contributed by atoms with Gasteiger partial charge in [0, 0.05) is 12.1 Å². The van der Waals surface area contributed by atoms with Crippen molar-refractivity contribution in [1.29, 1.82) is 0 Å². The normalized spacial score (nSPS) is 15.1. The molecule has 2 rings (SSSR count). The minimum atomic E-state index is -0.0211. The van der Waals surface area contributed by atoms with Crippen LogP contribution in [-0.2, 0) is 11.2 Å². The van der Waals surface area contributed by atoms with Crippen LogP contribution in [0.2, 0.25) is 0 Å². The van der Waals surface area contributed by atoms with Crippen LogP contribution < -0.4 is 10.6 Å². The molecule has 110 valence electrons. The number of rotatable bonds is 8. The number of carbonyl (C=O) groups is 1. The lowest BCUT2D eigenvalue weighted by Crippen LogP contribution is -2.45. The predicted molar refractivity (Wildman–Crippen MR) is 82.6 cm³/mol. The number of carbonyl (C=O) groups excluding carboxylic acids is 1. The minimum Gasteiger partial charge on any atom is -0.355 e. The molecule has 0 unspecified atom stereocenters. The van der Waals surface area contributed by atoms with E-state index in [-0.39, 0.29) is 11.4 Å². The van der Waals surface area contributed by atoms with Gasteiger partial charge in [-0.3, -0.25) is 4.79 Å². The molecule has 2 N–H and O–H groups in total. The highest BCUT2D eigenvalue weighted by Gasteiger charge is 2.22. The summed E-state index contributed by atoms with van der Waals surface area (Å²) >= 11 is 0. The van der Waals surface area contributed by atoms with Crippen LogP contribution in [0, 0.1) is 5.92 Å². The van der Waals surface area contributed by atoms with Crippen molar-refractivity contribution < 1.29 is 4.79 Å². The summed E-state index contributed by atoms with van der Waals surface area (Å²) in [6.45, 7) is 5.58. The first-order valence-corrected chi connectivity index (χ1v) is 7.61. The van der Waals surface area contributed by atoms with Crippen LogP contribution in [0.15, 0.2) is 30.3 Å². The Morgan fingerprint density at radius 3 is 2.60 bits per heavy atom. The summed E-state index contributed by atoms with van der Waals surface area (Å²) in [4.78, 5) is 11.7. The number of hydrogen-bond donors (Lipinski definition) is 2. The molecule has 1 aliphatic carbocycles. The summed E-state index contributed by atoms with van der Waals surface area (Å²) in [5, 5.41) is 6.35. The first-order valence-electron chi connectivity index (χ1n) is 7.61. The van der Waals surface area contributed by atoms with Crippen LogP contribution in [-0.4, -0.2) is 24.5 Å². The van der Waals surface area contributed by atoms with E-state index in [0.29, 0.717) is 6.54 Å². The quantitative estimate of drug-likeness (QED) is 0.765. The number of aryl methyl sites for hydroxylation is 1. The summed E-state index contributed by atoms with van der Waals surface area (Å²) in [7, 11) is 0. The molecule has 3 nitrogen and oxygen atoms in total. The van der Waals surface area contributed by atoms with E-state index < -0.39 is 0 Å². The van der Waals surface area contributed by atoms with Crippen LogP contribution in [0.4, 0.5) is 0 Å². The lowest BCUT2D eigenvalue weighted by molar-refractivity contribution is -0.120. The van der Waals surface area contributed by atoms with Gasteiger partial charge in [-0.05, 0) is 51.0 Å². The number of hydrogen-bond acceptors (Lipinski definition) is 2. The van der Waals surface area contributed by atoms with Crippen LogP contribution in [0.25, 0.3) is 0 Å². The first-order chi connectivity index (χ1) is 9.55. The van der Waals surface area contributed by atoms with Crippen LogP contribution in [0.3, 0.4) is 0 Å². The van der Waals surface area contributed by atoms with Crippen molar-refractivity contribution in [2.75, 3.05) is 13.1 Å². The summed E-state index contributed by atoms with van der Waals surface area (Å²) in [5.74, 6) is 0.856. The monoisotopic (exact) mass is 274 g/mol. The van der Waals surface area contributed by atoms with Gasteiger partial charge in [0.25, 0.3) is 0 Å². The van der Waals surface area contributed by atoms with E-state index in [1.807, 2.05) is 6.07 Å². The van der Waals surface area contributed by atoms with E-state index in [1.165, 1.54) is 18.4 Å². The highest BCUT2D eigenvalue weighted by atomic mass is 16.1. The van der Waals surface area contributed by atoms with Gasteiger partial charge in [-0.1, -0.05) is 30.3 Å². The second-order valence-corrected chi connectivity index (χ2v) is 6.47. The maximum atomic E-state index is 11.7. The standard InChI is InChI=1S/C17H26N2O/c1-17(2,11-10-14-6-4-3-5-7-14)19-13-16(20)18-12-15-8-9-15/h3-7,15,19H,8-13H2,1-2H3,(H,18,20). The Kier molecular flexibility index (Phi) is 5.18. The van der Waals surface area contributed by atoms with Crippen molar-refractivity contribution in [2.24, 2.45) is 5.92 Å². The Labute approximate surface area is 122 Å². The highest BCUT2D eigenvalue weighted by Crippen LogP contribution is 2.27. The molecule has 1 saturated carbocycles. The molecule has 1 fully saturated rings. The summed E-state index contributed by atoms with van der Waals surface area (Å²) in [5.41, 5.74) is 1.33. The van der Waals surface area contributed by atoms with Gasteiger partial charge < -0.3 is 10.6 Å². The number of benzene rings is 1. The average molecular weight is 274 g/mol. The van der Waals surface area contributed by atoms with Crippen molar-refractivity contribution in [1.82, 2.24) is 10.6 Å². The molecule has 0 atom stereocenters. The molecule has 0 saturated heterocycles. The van der Waals surface area contributed by atoms with Crippen LogP contribution in [0.5, 0.6) is 0 Å². The fourth-order valence-electron chi connectivity index (χ4n) is 2.15. The summed E-state index contributed by atoms with van der Waals surface area (Å²) in [6, 6.07) is 10.5. The first kappa shape index (κ1) is 15.0. The van der Waals surface area contributed by atoms with Crippen molar-refractivity contribution >= 4 is 5.91 Å². The zero-order chi connectivity index (χ0) is 14.4. The molecule has 1 aromatic rings. The molecule has 1 amide bonds. The fourth-order valence-corrected chi connectivity index (χ4v) is 2.15. The molecule has 0 heterocycles. The lowest BCUT2D eigenvalue weighted by atomic mass is 9.95. The predicted octanol–water partition coefficient (Wildman–Crippen LogP) is 2.51. The Hall–Kier alpha value is -1.35. The Morgan fingerprint density at radius 1 is 1.25 bits per heavy atom. The van der Waals surface area contributed by atoms with Gasteiger partial charge >= 0.3 is 0 Å². The SMILES string of the molecule is CC(C)(CCc1ccccc1)NCC(=O)NCC1CC1. The average Bonchev–Trinajstić information content (AvgIpc) is 3.26. The molecule has 20 heavy (non-hydrogen) atoms. The Morgan fingerprint density at radius 2 is 1.95 bits per heavy atom. The Bertz CT molecular complexity index is 424. The topological polar surface area (TPSA) is 41.1 Å². The molecule has 0 spiro atoms. The van der Waals surface area contributed by atoms with Crippen molar-refractivity contribution in [3.63, 3.8) is 0 Å². The highest BCUT2D eigenvalue weighted by molar-refractivity contribution is 5.78. The van der Waals surface area contributed by atoms with E-state index in [2.05, 4.69) is 48.7 Å².